The lowest BCUT2D eigenvalue weighted by atomic mass is 10.1. The summed E-state index contributed by atoms with van der Waals surface area (Å²) in [6, 6.07) is 12.8. The molecule has 0 N–H and O–H groups in total. The van der Waals surface area contributed by atoms with Crippen LogP contribution >= 0.6 is 23.2 Å². The van der Waals surface area contributed by atoms with E-state index in [0.29, 0.717) is 21.3 Å². The minimum atomic E-state index is 0.462. The number of pyridine rings is 1. The Morgan fingerprint density at radius 3 is 2.61 bits per heavy atom. The summed E-state index contributed by atoms with van der Waals surface area (Å²) in [6.07, 6.45) is 3.37. The molecule has 2 nitrogen and oxygen atoms in total. The van der Waals surface area contributed by atoms with E-state index >= 15 is 0 Å². The van der Waals surface area contributed by atoms with Gasteiger partial charge in [-0.1, -0.05) is 35.3 Å². The Balaban J connectivity index is 2.42. The molecule has 88 valence electrons. The van der Waals surface area contributed by atoms with Gasteiger partial charge in [-0.25, -0.2) is 0 Å². The van der Waals surface area contributed by atoms with E-state index in [1.807, 2.05) is 6.07 Å². The average Bonchev–Trinajstić information content (AvgIpc) is 2.41. The molecular weight excluding hydrogens is 267 g/mol. The van der Waals surface area contributed by atoms with E-state index in [-0.39, 0.29) is 0 Å². The van der Waals surface area contributed by atoms with E-state index in [1.54, 1.807) is 42.6 Å². The lowest BCUT2D eigenvalue weighted by Gasteiger charge is -2.00. The zero-order chi connectivity index (χ0) is 13.0. The number of halogens is 2. The van der Waals surface area contributed by atoms with Crippen LogP contribution in [0.2, 0.25) is 10.0 Å². The zero-order valence-corrected chi connectivity index (χ0v) is 10.8. The van der Waals surface area contributed by atoms with Crippen LogP contribution in [0.3, 0.4) is 0 Å². The molecule has 0 saturated carbocycles. The van der Waals surface area contributed by atoms with Gasteiger partial charge in [0.05, 0.1) is 21.3 Å². The highest BCUT2D eigenvalue weighted by Crippen LogP contribution is 2.24. The van der Waals surface area contributed by atoms with Crippen molar-refractivity contribution in [3.8, 4) is 6.07 Å². The average molecular weight is 275 g/mol. The Bertz CT molecular complexity index is 628. The van der Waals surface area contributed by atoms with Crippen molar-refractivity contribution in [2.45, 2.75) is 0 Å². The lowest BCUT2D eigenvalue weighted by molar-refractivity contribution is 1.28. The maximum absolute atomic E-state index is 9.15. The molecule has 1 heterocycles. The van der Waals surface area contributed by atoms with E-state index in [1.165, 1.54) is 0 Å². The molecule has 0 bridgehead atoms. The second-order valence-corrected chi connectivity index (χ2v) is 4.37. The van der Waals surface area contributed by atoms with Crippen molar-refractivity contribution < 1.29 is 0 Å². The molecule has 0 aliphatic heterocycles. The SMILES string of the molecule is N#CC(=Cc1ccc(Cl)c(Cl)c1)c1ccccn1. The summed E-state index contributed by atoms with van der Waals surface area (Å²) in [5.41, 5.74) is 1.92. The third-order valence-electron chi connectivity index (χ3n) is 2.32. The second-order valence-electron chi connectivity index (χ2n) is 3.56. The summed E-state index contributed by atoms with van der Waals surface area (Å²) in [6.45, 7) is 0. The number of nitrogens with zero attached hydrogens (tertiary/aromatic N) is 2. The highest BCUT2D eigenvalue weighted by Gasteiger charge is 2.03. The molecule has 2 aromatic rings. The second kappa shape index (κ2) is 5.68. The number of rotatable bonds is 2. The number of allylic oxidation sites excluding steroid dienone is 1. The van der Waals surface area contributed by atoms with E-state index < -0.39 is 0 Å². The number of hydrogen-bond acceptors (Lipinski definition) is 2. The van der Waals surface area contributed by atoms with Crippen LogP contribution in [0.15, 0.2) is 42.6 Å². The Morgan fingerprint density at radius 2 is 2.00 bits per heavy atom. The van der Waals surface area contributed by atoms with Crippen LogP contribution in [0.25, 0.3) is 11.6 Å². The van der Waals surface area contributed by atoms with Crippen LogP contribution in [-0.4, -0.2) is 4.98 Å². The van der Waals surface area contributed by atoms with Crippen molar-refractivity contribution in [3.63, 3.8) is 0 Å². The third-order valence-corrected chi connectivity index (χ3v) is 3.05. The van der Waals surface area contributed by atoms with Crippen LogP contribution < -0.4 is 0 Å². The predicted molar refractivity (Wildman–Crippen MR) is 74.2 cm³/mol. The first-order chi connectivity index (χ1) is 8.70. The van der Waals surface area contributed by atoms with Crippen LogP contribution in [0.1, 0.15) is 11.3 Å². The van der Waals surface area contributed by atoms with Gasteiger partial charge in [0.25, 0.3) is 0 Å². The van der Waals surface area contributed by atoms with Gasteiger partial charge in [-0.3, -0.25) is 4.98 Å². The zero-order valence-electron chi connectivity index (χ0n) is 9.27. The van der Waals surface area contributed by atoms with Crippen LogP contribution in [0, 0.1) is 11.3 Å². The normalized spacial score (nSPS) is 11.1. The molecule has 0 aliphatic carbocycles. The number of hydrogen-bond donors (Lipinski definition) is 0. The smallest absolute Gasteiger partial charge is 0.101 e. The molecule has 0 atom stereocenters. The van der Waals surface area contributed by atoms with Crippen molar-refractivity contribution in [2.24, 2.45) is 0 Å². The van der Waals surface area contributed by atoms with E-state index in [9.17, 15) is 0 Å². The first-order valence-corrected chi connectivity index (χ1v) is 5.94. The molecular formula is C14H8Cl2N2. The summed E-state index contributed by atoms with van der Waals surface area (Å²) in [7, 11) is 0. The van der Waals surface area contributed by atoms with Crippen molar-refractivity contribution in [1.29, 1.82) is 5.26 Å². The van der Waals surface area contributed by atoms with Crippen molar-refractivity contribution in [3.05, 3.63) is 63.9 Å². The Kier molecular flexibility index (Phi) is 3.99. The van der Waals surface area contributed by atoms with Gasteiger partial charge < -0.3 is 0 Å². The van der Waals surface area contributed by atoms with Gasteiger partial charge in [-0.05, 0) is 35.9 Å². The summed E-state index contributed by atoms with van der Waals surface area (Å²) in [4.78, 5) is 4.14. The Hall–Kier alpha value is -1.82. The van der Waals surface area contributed by atoms with Gasteiger partial charge in [0.1, 0.15) is 6.07 Å². The molecule has 0 unspecified atom stereocenters. The van der Waals surface area contributed by atoms with Crippen molar-refractivity contribution in [1.82, 2.24) is 4.98 Å². The molecule has 0 saturated heterocycles. The molecule has 0 spiro atoms. The molecule has 18 heavy (non-hydrogen) atoms. The van der Waals surface area contributed by atoms with Gasteiger partial charge in [0.2, 0.25) is 0 Å². The molecule has 0 amide bonds. The molecule has 4 heteroatoms. The minimum Gasteiger partial charge on any atom is -0.256 e. The minimum absolute atomic E-state index is 0.462. The van der Waals surface area contributed by atoms with Gasteiger partial charge >= 0.3 is 0 Å². The molecule has 2 rings (SSSR count). The largest absolute Gasteiger partial charge is 0.256 e. The topological polar surface area (TPSA) is 36.7 Å². The molecule has 1 aromatic carbocycles. The molecule has 1 aromatic heterocycles. The van der Waals surface area contributed by atoms with Gasteiger partial charge in [0.15, 0.2) is 0 Å². The highest BCUT2D eigenvalue weighted by atomic mass is 35.5. The maximum atomic E-state index is 9.15. The Morgan fingerprint density at radius 1 is 1.17 bits per heavy atom. The van der Waals surface area contributed by atoms with Crippen LogP contribution in [0.5, 0.6) is 0 Å². The predicted octanol–water partition coefficient (Wildman–Crippen LogP) is 4.45. The standard InChI is InChI=1S/C14H8Cl2N2/c15-12-5-4-10(8-13(12)16)7-11(9-17)14-3-1-2-6-18-14/h1-8H. The molecule has 0 aliphatic rings. The van der Waals surface area contributed by atoms with E-state index in [2.05, 4.69) is 11.1 Å². The number of benzene rings is 1. The first kappa shape index (κ1) is 12.6. The van der Waals surface area contributed by atoms with Gasteiger partial charge in [-0.2, -0.15) is 5.26 Å². The molecule has 0 radical (unpaired) electrons. The quantitative estimate of drug-likeness (QED) is 0.759. The summed E-state index contributed by atoms with van der Waals surface area (Å²) in [5, 5.41) is 10.1. The summed E-state index contributed by atoms with van der Waals surface area (Å²) < 4.78 is 0. The lowest BCUT2D eigenvalue weighted by Crippen LogP contribution is -1.85. The van der Waals surface area contributed by atoms with Crippen molar-refractivity contribution in [2.75, 3.05) is 0 Å². The first-order valence-electron chi connectivity index (χ1n) is 5.19. The van der Waals surface area contributed by atoms with Crippen LogP contribution in [-0.2, 0) is 0 Å². The fourth-order valence-electron chi connectivity index (χ4n) is 1.45. The fourth-order valence-corrected chi connectivity index (χ4v) is 1.76. The number of nitriles is 1. The third kappa shape index (κ3) is 2.89. The fraction of sp³-hybridized carbons (Fsp3) is 0. The summed E-state index contributed by atoms with van der Waals surface area (Å²) >= 11 is 11.8. The maximum Gasteiger partial charge on any atom is 0.101 e. The molecule has 0 fully saturated rings. The van der Waals surface area contributed by atoms with Crippen LogP contribution in [0.4, 0.5) is 0 Å². The van der Waals surface area contributed by atoms with Gasteiger partial charge in [-0.15, -0.1) is 0 Å². The number of aromatic nitrogens is 1. The van der Waals surface area contributed by atoms with E-state index in [0.717, 1.165) is 5.56 Å². The Labute approximate surface area is 115 Å². The van der Waals surface area contributed by atoms with Gasteiger partial charge in [0, 0.05) is 6.20 Å². The van der Waals surface area contributed by atoms with E-state index in [4.69, 9.17) is 28.5 Å². The monoisotopic (exact) mass is 274 g/mol. The highest BCUT2D eigenvalue weighted by molar-refractivity contribution is 6.42. The van der Waals surface area contributed by atoms with Crippen molar-refractivity contribution >= 4 is 34.9 Å². The summed E-state index contributed by atoms with van der Waals surface area (Å²) in [5.74, 6) is 0.